The lowest BCUT2D eigenvalue weighted by atomic mass is 10.1. The van der Waals surface area contributed by atoms with Crippen LogP contribution in [-0.2, 0) is 16.1 Å². The van der Waals surface area contributed by atoms with Crippen molar-refractivity contribution in [1.29, 1.82) is 0 Å². The molecule has 0 aliphatic carbocycles. The summed E-state index contributed by atoms with van der Waals surface area (Å²) in [6.45, 7) is 4.55. The van der Waals surface area contributed by atoms with E-state index in [-0.39, 0.29) is 18.4 Å². The van der Waals surface area contributed by atoms with Crippen LogP contribution in [0.25, 0.3) is 10.8 Å². The molecule has 0 bridgehead atoms. The van der Waals surface area contributed by atoms with Crippen molar-refractivity contribution in [2.45, 2.75) is 39.3 Å². The van der Waals surface area contributed by atoms with E-state index in [0.717, 1.165) is 34.9 Å². The Morgan fingerprint density at radius 3 is 2.45 bits per heavy atom. The van der Waals surface area contributed by atoms with Crippen LogP contribution in [0.15, 0.2) is 66.7 Å². The van der Waals surface area contributed by atoms with Crippen molar-refractivity contribution in [2.24, 2.45) is 0 Å². The summed E-state index contributed by atoms with van der Waals surface area (Å²) in [4.78, 5) is 27.6. The summed E-state index contributed by atoms with van der Waals surface area (Å²) in [7, 11) is 1.61. The van der Waals surface area contributed by atoms with Gasteiger partial charge in [-0.25, -0.2) is 0 Å². The molecule has 0 radical (unpaired) electrons. The molecule has 174 valence electrons. The van der Waals surface area contributed by atoms with Gasteiger partial charge in [0, 0.05) is 18.5 Å². The molecule has 0 spiro atoms. The Bertz CT molecular complexity index is 1060. The van der Waals surface area contributed by atoms with Crippen LogP contribution in [0, 0.1) is 0 Å². The van der Waals surface area contributed by atoms with Crippen molar-refractivity contribution in [3.8, 4) is 11.5 Å². The molecule has 0 heterocycles. The molecule has 3 aromatic carbocycles. The lowest BCUT2D eigenvalue weighted by molar-refractivity contribution is -0.142. The zero-order chi connectivity index (χ0) is 23.6. The van der Waals surface area contributed by atoms with E-state index < -0.39 is 6.04 Å². The molecule has 0 fully saturated rings. The van der Waals surface area contributed by atoms with Crippen molar-refractivity contribution in [3.63, 3.8) is 0 Å². The van der Waals surface area contributed by atoms with Gasteiger partial charge in [-0.3, -0.25) is 9.59 Å². The number of carbonyl (C=O) groups excluding carboxylic acids is 2. The van der Waals surface area contributed by atoms with Crippen molar-refractivity contribution in [2.75, 3.05) is 20.3 Å². The zero-order valence-electron chi connectivity index (χ0n) is 19.5. The zero-order valence-corrected chi connectivity index (χ0v) is 19.5. The Labute approximate surface area is 195 Å². The van der Waals surface area contributed by atoms with E-state index in [1.807, 2.05) is 66.7 Å². The highest BCUT2D eigenvalue weighted by molar-refractivity contribution is 5.90. The van der Waals surface area contributed by atoms with E-state index in [9.17, 15) is 9.59 Å². The Kier molecular flexibility index (Phi) is 8.70. The van der Waals surface area contributed by atoms with Gasteiger partial charge in [0.2, 0.25) is 5.91 Å². The molecule has 33 heavy (non-hydrogen) atoms. The minimum atomic E-state index is -0.632. The highest BCUT2D eigenvalue weighted by atomic mass is 16.5. The number of unbranched alkanes of at least 4 members (excludes halogenated alkanes) is 1. The second-order valence-electron chi connectivity index (χ2n) is 7.96. The van der Waals surface area contributed by atoms with Crippen LogP contribution < -0.4 is 14.8 Å². The number of nitrogens with one attached hydrogen (secondary N) is 1. The molecule has 1 atom stereocenters. The first-order chi connectivity index (χ1) is 16.0. The fraction of sp³-hybridized carbons (Fsp3) is 0.333. The maximum absolute atomic E-state index is 13.3. The Hall–Kier alpha value is -3.54. The number of carbonyl (C=O) groups is 2. The molecule has 3 rings (SSSR count). The molecule has 2 amide bonds. The van der Waals surface area contributed by atoms with Crippen LogP contribution in [0.1, 0.15) is 32.3 Å². The van der Waals surface area contributed by atoms with Crippen LogP contribution in [0.5, 0.6) is 11.5 Å². The summed E-state index contributed by atoms with van der Waals surface area (Å²) < 4.78 is 11.1. The third-order valence-electron chi connectivity index (χ3n) is 5.61. The normalized spacial score (nSPS) is 11.6. The van der Waals surface area contributed by atoms with Gasteiger partial charge < -0.3 is 19.7 Å². The number of fused-ring (bicyclic) bond motifs is 1. The summed E-state index contributed by atoms with van der Waals surface area (Å²) in [5.41, 5.74) is 0.905. The van der Waals surface area contributed by atoms with Gasteiger partial charge in [-0.1, -0.05) is 61.9 Å². The number of ether oxygens (including phenoxy) is 2. The summed E-state index contributed by atoms with van der Waals surface area (Å²) in [6.07, 6.45) is 1.89. The number of hydrogen-bond acceptors (Lipinski definition) is 4. The molecular weight excluding hydrogens is 416 g/mol. The first kappa shape index (κ1) is 24.1. The largest absolute Gasteiger partial charge is 0.497 e. The SMILES string of the molecule is CCCCNC(=O)[C@@H](C)N(Cc1ccc(OC)cc1)C(=O)COc1cccc2ccccc12. The molecule has 1 N–H and O–H groups in total. The molecule has 6 heteroatoms. The molecule has 0 aliphatic rings. The Balaban J connectivity index is 1.75. The van der Waals surface area contributed by atoms with Crippen LogP contribution >= 0.6 is 0 Å². The first-order valence-electron chi connectivity index (χ1n) is 11.3. The molecule has 0 aliphatic heterocycles. The van der Waals surface area contributed by atoms with E-state index in [4.69, 9.17) is 9.47 Å². The van der Waals surface area contributed by atoms with Gasteiger partial charge in [0.1, 0.15) is 17.5 Å². The fourth-order valence-corrected chi connectivity index (χ4v) is 3.59. The van der Waals surface area contributed by atoms with Crippen LogP contribution in [0.4, 0.5) is 0 Å². The van der Waals surface area contributed by atoms with Crippen molar-refractivity contribution in [1.82, 2.24) is 10.2 Å². The number of methoxy groups -OCH3 is 1. The van der Waals surface area contributed by atoms with Gasteiger partial charge in [-0.2, -0.15) is 0 Å². The maximum atomic E-state index is 13.3. The van der Waals surface area contributed by atoms with E-state index in [2.05, 4.69) is 12.2 Å². The number of benzene rings is 3. The van der Waals surface area contributed by atoms with Gasteiger partial charge in [-0.15, -0.1) is 0 Å². The number of amides is 2. The highest BCUT2D eigenvalue weighted by Gasteiger charge is 2.26. The van der Waals surface area contributed by atoms with Crippen LogP contribution in [0.2, 0.25) is 0 Å². The third-order valence-corrected chi connectivity index (χ3v) is 5.61. The van der Waals surface area contributed by atoms with Gasteiger partial charge in [0.25, 0.3) is 5.91 Å². The monoisotopic (exact) mass is 448 g/mol. The van der Waals surface area contributed by atoms with Gasteiger partial charge in [-0.05, 0) is 42.5 Å². The predicted octanol–water partition coefficient (Wildman–Crippen LogP) is 4.56. The lowest BCUT2D eigenvalue weighted by Gasteiger charge is -2.29. The third kappa shape index (κ3) is 6.48. The molecule has 0 saturated heterocycles. The highest BCUT2D eigenvalue weighted by Crippen LogP contribution is 2.25. The molecule has 6 nitrogen and oxygen atoms in total. The molecule has 0 aromatic heterocycles. The summed E-state index contributed by atoms with van der Waals surface area (Å²) in [5, 5.41) is 4.91. The van der Waals surface area contributed by atoms with Crippen molar-refractivity contribution in [3.05, 3.63) is 72.3 Å². The van der Waals surface area contributed by atoms with Gasteiger partial charge in [0.15, 0.2) is 6.61 Å². The number of hydrogen-bond donors (Lipinski definition) is 1. The average molecular weight is 449 g/mol. The molecular formula is C27H32N2O4. The minimum absolute atomic E-state index is 0.156. The summed E-state index contributed by atoms with van der Waals surface area (Å²) >= 11 is 0. The second kappa shape index (κ2) is 11.9. The average Bonchev–Trinajstić information content (AvgIpc) is 2.85. The van der Waals surface area contributed by atoms with Crippen LogP contribution in [0.3, 0.4) is 0 Å². The van der Waals surface area contributed by atoms with E-state index in [0.29, 0.717) is 18.8 Å². The fourth-order valence-electron chi connectivity index (χ4n) is 3.59. The second-order valence-corrected chi connectivity index (χ2v) is 7.96. The van der Waals surface area contributed by atoms with E-state index in [1.54, 1.807) is 18.9 Å². The van der Waals surface area contributed by atoms with Gasteiger partial charge in [0.05, 0.1) is 7.11 Å². The van der Waals surface area contributed by atoms with Crippen molar-refractivity contribution < 1.29 is 19.1 Å². The quantitative estimate of drug-likeness (QED) is 0.437. The van der Waals surface area contributed by atoms with E-state index in [1.165, 1.54) is 0 Å². The lowest BCUT2D eigenvalue weighted by Crippen LogP contribution is -2.49. The smallest absolute Gasteiger partial charge is 0.261 e. The van der Waals surface area contributed by atoms with E-state index >= 15 is 0 Å². The first-order valence-corrected chi connectivity index (χ1v) is 11.3. The van der Waals surface area contributed by atoms with Gasteiger partial charge >= 0.3 is 0 Å². The van der Waals surface area contributed by atoms with Crippen molar-refractivity contribution >= 4 is 22.6 Å². The maximum Gasteiger partial charge on any atom is 0.261 e. The minimum Gasteiger partial charge on any atom is -0.497 e. The summed E-state index contributed by atoms with van der Waals surface area (Å²) in [6, 6.07) is 20.5. The Morgan fingerprint density at radius 2 is 1.73 bits per heavy atom. The standard InChI is InChI=1S/C27H32N2O4/c1-4-5-17-28-27(31)20(2)29(18-21-13-15-23(32-3)16-14-21)26(30)19-33-25-12-8-10-22-9-6-7-11-24(22)25/h6-16,20H,4-5,17-19H2,1-3H3,(H,28,31)/t20-/m1/s1. The molecule has 0 saturated carbocycles. The Morgan fingerprint density at radius 1 is 1.00 bits per heavy atom. The predicted molar refractivity (Wildman–Crippen MR) is 130 cm³/mol. The topological polar surface area (TPSA) is 67.9 Å². The molecule has 0 unspecified atom stereocenters. The number of rotatable bonds is 11. The number of nitrogens with zero attached hydrogens (tertiary/aromatic N) is 1. The molecule has 3 aromatic rings. The van der Waals surface area contributed by atoms with Crippen LogP contribution in [-0.4, -0.2) is 43.0 Å². The summed E-state index contributed by atoms with van der Waals surface area (Å²) in [5.74, 6) is 0.958.